The predicted molar refractivity (Wildman–Crippen MR) is 61.6 cm³/mol. The first-order chi connectivity index (χ1) is 8.48. The molecule has 4 fully saturated rings. The Kier molecular flexibility index (Phi) is 1.92. The number of carbonyl (C=O) groups is 1. The molecule has 100 valence electrons. The molecular formula is C13H19NO4. The molecule has 4 heterocycles. The maximum absolute atomic E-state index is 12.2. The molecule has 4 aliphatic heterocycles. The average molecular weight is 253 g/mol. The molecule has 4 saturated heterocycles. The van der Waals surface area contributed by atoms with Crippen LogP contribution in [-0.2, 0) is 14.3 Å². The van der Waals surface area contributed by atoms with Gasteiger partial charge in [0.25, 0.3) is 0 Å². The smallest absolute Gasteiger partial charge is 0.313 e. The van der Waals surface area contributed by atoms with Gasteiger partial charge in [0, 0.05) is 12.6 Å². The molecule has 1 spiro atoms. The number of aliphatic hydroxyl groups excluding tert-OH is 1. The second-order valence-corrected chi connectivity index (χ2v) is 6.59. The summed E-state index contributed by atoms with van der Waals surface area (Å²) in [6.45, 7) is 5.57. The van der Waals surface area contributed by atoms with E-state index in [1.807, 2.05) is 13.8 Å². The first-order valence-electron chi connectivity index (χ1n) is 6.78. The molecule has 0 aliphatic carbocycles. The van der Waals surface area contributed by atoms with Gasteiger partial charge in [-0.25, -0.2) is 0 Å². The van der Waals surface area contributed by atoms with Crippen molar-refractivity contribution in [2.75, 3.05) is 13.1 Å². The van der Waals surface area contributed by atoms with E-state index < -0.39 is 17.3 Å². The van der Waals surface area contributed by atoms with Crippen LogP contribution in [0.1, 0.15) is 26.7 Å². The van der Waals surface area contributed by atoms with Crippen LogP contribution in [0, 0.1) is 11.3 Å². The van der Waals surface area contributed by atoms with E-state index in [0.717, 1.165) is 25.9 Å². The Bertz CT molecular complexity index is 423. The first kappa shape index (κ1) is 11.2. The summed E-state index contributed by atoms with van der Waals surface area (Å²) in [5, 5.41) is 10.5. The van der Waals surface area contributed by atoms with E-state index >= 15 is 0 Å². The van der Waals surface area contributed by atoms with E-state index in [9.17, 15) is 9.90 Å². The van der Waals surface area contributed by atoms with Gasteiger partial charge in [0.1, 0.15) is 12.0 Å². The normalized spacial score (nSPS) is 53.2. The van der Waals surface area contributed by atoms with Crippen molar-refractivity contribution in [2.24, 2.45) is 11.3 Å². The van der Waals surface area contributed by atoms with Crippen LogP contribution < -0.4 is 0 Å². The highest BCUT2D eigenvalue weighted by atomic mass is 16.6. The summed E-state index contributed by atoms with van der Waals surface area (Å²) in [7, 11) is 0. The quantitative estimate of drug-likeness (QED) is 0.621. The van der Waals surface area contributed by atoms with Crippen molar-refractivity contribution in [3.8, 4) is 0 Å². The zero-order chi connectivity index (χ0) is 12.7. The van der Waals surface area contributed by atoms with Crippen molar-refractivity contribution < 1.29 is 19.4 Å². The molecule has 0 aromatic rings. The number of fused-ring (bicyclic) bond motifs is 1. The fourth-order valence-electron chi connectivity index (χ4n) is 4.94. The molecule has 5 unspecified atom stereocenters. The van der Waals surface area contributed by atoms with Crippen LogP contribution in [0.25, 0.3) is 0 Å². The van der Waals surface area contributed by atoms with Crippen LogP contribution >= 0.6 is 0 Å². The minimum atomic E-state index is -0.887. The lowest BCUT2D eigenvalue weighted by atomic mass is 9.66. The molecule has 0 amide bonds. The Morgan fingerprint density at radius 2 is 2.22 bits per heavy atom. The Hall–Kier alpha value is -0.650. The largest absolute Gasteiger partial charge is 0.460 e. The van der Waals surface area contributed by atoms with Crippen molar-refractivity contribution in [3.05, 3.63) is 0 Å². The molecule has 0 bridgehead atoms. The van der Waals surface area contributed by atoms with Gasteiger partial charge in [-0.3, -0.25) is 9.69 Å². The van der Waals surface area contributed by atoms with Crippen LogP contribution in [0.5, 0.6) is 0 Å². The van der Waals surface area contributed by atoms with Crippen LogP contribution in [0.15, 0.2) is 0 Å². The summed E-state index contributed by atoms with van der Waals surface area (Å²) in [5.74, 6) is -0.522. The van der Waals surface area contributed by atoms with Crippen molar-refractivity contribution in [1.82, 2.24) is 4.90 Å². The number of esters is 1. The lowest BCUT2D eigenvalue weighted by Gasteiger charge is -2.34. The van der Waals surface area contributed by atoms with E-state index in [1.54, 1.807) is 0 Å². The van der Waals surface area contributed by atoms with Gasteiger partial charge in [0.05, 0.1) is 11.0 Å². The number of nitrogens with zero attached hydrogens (tertiary/aromatic N) is 1. The molecule has 1 N–H and O–H groups in total. The lowest BCUT2D eigenvalue weighted by molar-refractivity contribution is -0.182. The molecular weight excluding hydrogens is 234 g/mol. The molecule has 18 heavy (non-hydrogen) atoms. The third kappa shape index (κ3) is 0.995. The van der Waals surface area contributed by atoms with Gasteiger partial charge in [-0.1, -0.05) is 0 Å². The van der Waals surface area contributed by atoms with E-state index in [0.29, 0.717) is 0 Å². The molecule has 4 aliphatic rings. The van der Waals surface area contributed by atoms with E-state index in [4.69, 9.17) is 9.47 Å². The Balaban J connectivity index is 1.87. The third-order valence-corrected chi connectivity index (χ3v) is 5.43. The molecule has 5 heteroatoms. The third-order valence-electron chi connectivity index (χ3n) is 5.43. The van der Waals surface area contributed by atoms with Crippen LogP contribution in [0.2, 0.25) is 0 Å². The van der Waals surface area contributed by atoms with Gasteiger partial charge in [0.15, 0.2) is 6.29 Å². The Labute approximate surface area is 106 Å². The minimum Gasteiger partial charge on any atom is -0.460 e. The summed E-state index contributed by atoms with van der Waals surface area (Å²) in [6.07, 6.45) is 1.08. The lowest BCUT2D eigenvalue weighted by Crippen LogP contribution is -2.49. The summed E-state index contributed by atoms with van der Waals surface area (Å²) >= 11 is 0. The maximum atomic E-state index is 12.2. The molecule has 4 rings (SSSR count). The van der Waals surface area contributed by atoms with E-state index in [-0.39, 0.29) is 24.0 Å². The minimum absolute atomic E-state index is 0.187. The molecule has 0 aromatic heterocycles. The van der Waals surface area contributed by atoms with Gasteiger partial charge in [-0.05, 0) is 33.2 Å². The van der Waals surface area contributed by atoms with Crippen molar-refractivity contribution >= 4 is 5.97 Å². The standard InChI is InChI=1S/C13H19NO4/c1-12(2)9-10(15)17-8-6-14-5-3-4-7(14)13(8,9)11(16)18-12/h7-9,11,16H,3-6H2,1-2H3. The highest BCUT2D eigenvalue weighted by Gasteiger charge is 2.77. The number of ether oxygens (including phenoxy) is 2. The maximum Gasteiger partial charge on any atom is 0.313 e. The predicted octanol–water partition coefficient (Wildman–Crippen LogP) is 0.120. The monoisotopic (exact) mass is 253 g/mol. The second-order valence-electron chi connectivity index (χ2n) is 6.59. The van der Waals surface area contributed by atoms with Crippen LogP contribution in [0.3, 0.4) is 0 Å². The topological polar surface area (TPSA) is 59.0 Å². The number of rotatable bonds is 0. The first-order valence-corrected chi connectivity index (χ1v) is 6.78. The zero-order valence-electron chi connectivity index (χ0n) is 10.8. The van der Waals surface area contributed by atoms with Gasteiger partial charge in [-0.15, -0.1) is 0 Å². The molecule has 0 radical (unpaired) electrons. The Morgan fingerprint density at radius 1 is 1.44 bits per heavy atom. The van der Waals surface area contributed by atoms with Gasteiger partial charge in [-0.2, -0.15) is 0 Å². The number of carbonyl (C=O) groups excluding carboxylic acids is 1. The van der Waals surface area contributed by atoms with Crippen LogP contribution in [-0.4, -0.2) is 53.1 Å². The van der Waals surface area contributed by atoms with Crippen molar-refractivity contribution in [2.45, 2.75) is 50.7 Å². The SMILES string of the molecule is CC1(C)OC(O)C23C(CN4CCCC42)OC(=O)C13. The highest BCUT2D eigenvalue weighted by molar-refractivity contribution is 5.79. The summed E-state index contributed by atoms with van der Waals surface area (Å²) in [4.78, 5) is 14.5. The average Bonchev–Trinajstić information content (AvgIpc) is 2.88. The number of hydrogen-bond acceptors (Lipinski definition) is 5. The van der Waals surface area contributed by atoms with Crippen LogP contribution in [0.4, 0.5) is 0 Å². The molecule has 0 saturated carbocycles. The number of hydrogen-bond donors (Lipinski definition) is 1. The molecule has 0 aromatic carbocycles. The summed E-state index contributed by atoms with van der Waals surface area (Å²) in [6, 6.07) is 0.232. The Morgan fingerprint density at radius 3 is 3.00 bits per heavy atom. The van der Waals surface area contributed by atoms with Crippen molar-refractivity contribution in [3.63, 3.8) is 0 Å². The van der Waals surface area contributed by atoms with Gasteiger partial charge >= 0.3 is 5.97 Å². The fraction of sp³-hybridized carbons (Fsp3) is 0.923. The summed E-state index contributed by atoms with van der Waals surface area (Å²) < 4.78 is 11.3. The van der Waals surface area contributed by atoms with Gasteiger partial charge in [0.2, 0.25) is 0 Å². The highest BCUT2D eigenvalue weighted by Crippen LogP contribution is 2.63. The number of aliphatic hydroxyl groups is 1. The summed E-state index contributed by atoms with van der Waals surface area (Å²) in [5.41, 5.74) is -1.17. The van der Waals surface area contributed by atoms with E-state index in [1.165, 1.54) is 0 Å². The second kappa shape index (κ2) is 3.08. The van der Waals surface area contributed by atoms with E-state index in [2.05, 4.69) is 4.90 Å². The zero-order valence-corrected chi connectivity index (χ0v) is 10.8. The molecule has 5 atom stereocenters. The van der Waals surface area contributed by atoms with Gasteiger partial charge < -0.3 is 14.6 Å². The molecule has 5 nitrogen and oxygen atoms in total. The fourth-order valence-corrected chi connectivity index (χ4v) is 4.94. The van der Waals surface area contributed by atoms with Crippen molar-refractivity contribution in [1.29, 1.82) is 0 Å².